The third kappa shape index (κ3) is 4.42. The molecule has 0 aliphatic heterocycles. The Labute approximate surface area is 164 Å². The Morgan fingerprint density at radius 2 is 2.04 bits per heavy atom. The first kappa shape index (κ1) is 19.7. The highest BCUT2D eigenvalue weighted by atomic mass is 16.6. The van der Waals surface area contributed by atoms with Crippen molar-refractivity contribution in [1.29, 1.82) is 0 Å². The zero-order valence-electron chi connectivity index (χ0n) is 16.9. The van der Waals surface area contributed by atoms with Gasteiger partial charge < -0.3 is 9.84 Å². The van der Waals surface area contributed by atoms with Gasteiger partial charge in [-0.05, 0) is 50.5 Å². The van der Waals surface area contributed by atoms with Crippen molar-refractivity contribution in [2.24, 2.45) is 5.92 Å². The van der Waals surface area contributed by atoms with Crippen molar-refractivity contribution in [3.05, 3.63) is 42.7 Å². The van der Waals surface area contributed by atoms with Gasteiger partial charge in [0, 0.05) is 18.3 Å². The number of amides is 1. The third-order valence-corrected chi connectivity index (χ3v) is 3.95. The van der Waals surface area contributed by atoms with Gasteiger partial charge in [0.15, 0.2) is 5.65 Å². The van der Waals surface area contributed by atoms with Crippen molar-refractivity contribution in [2.45, 2.75) is 40.2 Å². The summed E-state index contributed by atoms with van der Waals surface area (Å²) in [6, 6.07) is 8.67. The molecule has 0 aliphatic carbocycles. The van der Waals surface area contributed by atoms with Crippen LogP contribution in [0, 0.1) is 5.92 Å². The van der Waals surface area contributed by atoms with Crippen LogP contribution in [-0.2, 0) is 4.74 Å². The molecule has 1 N–H and O–H groups in total. The largest absolute Gasteiger partial charge is 0.508 e. The van der Waals surface area contributed by atoms with Crippen molar-refractivity contribution < 1.29 is 14.6 Å². The first-order chi connectivity index (χ1) is 13.1. The van der Waals surface area contributed by atoms with E-state index in [0.29, 0.717) is 18.0 Å². The molecule has 0 saturated heterocycles. The molecule has 148 valence electrons. The van der Waals surface area contributed by atoms with E-state index in [1.54, 1.807) is 46.1 Å². The lowest BCUT2D eigenvalue weighted by atomic mass is 10.1. The average Bonchev–Trinajstić information content (AvgIpc) is 3.01. The highest BCUT2D eigenvalue weighted by Gasteiger charge is 2.25. The van der Waals surface area contributed by atoms with Crippen molar-refractivity contribution in [3.63, 3.8) is 0 Å². The molecular weight excluding hydrogens is 356 g/mol. The number of nitrogens with zero attached hydrogens (tertiary/aromatic N) is 4. The van der Waals surface area contributed by atoms with Gasteiger partial charge in [-0.25, -0.2) is 14.3 Å². The van der Waals surface area contributed by atoms with Crippen LogP contribution < -0.4 is 4.90 Å². The second-order valence-corrected chi connectivity index (χ2v) is 8.15. The zero-order chi connectivity index (χ0) is 20.5. The number of phenols is 1. The molecule has 2 heterocycles. The fraction of sp³-hybridized carbons (Fsp3) is 0.381. The number of hydrogen-bond acceptors (Lipinski definition) is 5. The van der Waals surface area contributed by atoms with E-state index in [0.717, 1.165) is 11.1 Å². The Morgan fingerprint density at radius 1 is 1.29 bits per heavy atom. The molecule has 0 spiro atoms. The van der Waals surface area contributed by atoms with Crippen molar-refractivity contribution in [1.82, 2.24) is 14.6 Å². The summed E-state index contributed by atoms with van der Waals surface area (Å²) in [5, 5.41) is 14.1. The monoisotopic (exact) mass is 382 g/mol. The molecule has 0 saturated carbocycles. The number of fused-ring (bicyclic) bond motifs is 1. The summed E-state index contributed by atoms with van der Waals surface area (Å²) in [5.41, 5.74) is 1.57. The van der Waals surface area contributed by atoms with E-state index in [-0.39, 0.29) is 11.7 Å². The molecular formula is C21H26N4O3. The summed E-state index contributed by atoms with van der Waals surface area (Å²) in [7, 11) is 0. The Hall–Kier alpha value is -3.09. The van der Waals surface area contributed by atoms with Gasteiger partial charge >= 0.3 is 6.09 Å². The predicted molar refractivity (Wildman–Crippen MR) is 109 cm³/mol. The van der Waals surface area contributed by atoms with Crippen molar-refractivity contribution in [3.8, 4) is 16.9 Å². The fourth-order valence-electron chi connectivity index (χ4n) is 2.83. The number of carbonyl (C=O) groups is 1. The molecule has 0 unspecified atom stereocenters. The van der Waals surface area contributed by atoms with Crippen LogP contribution in [0.25, 0.3) is 16.8 Å². The van der Waals surface area contributed by atoms with Gasteiger partial charge in [-0.15, -0.1) is 0 Å². The topological polar surface area (TPSA) is 80.0 Å². The maximum absolute atomic E-state index is 12.8. The second-order valence-electron chi connectivity index (χ2n) is 8.15. The molecule has 3 rings (SSSR count). The van der Waals surface area contributed by atoms with E-state index >= 15 is 0 Å². The Bertz CT molecular complexity index is 989. The molecule has 0 fully saturated rings. The van der Waals surface area contributed by atoms with Crippen molar-refractivity contribution >= 4 is 17.6 Å². The number of aromatic hydroxyl groups is 1. The molecule has 7 nitrogen and oxygen atoms in total. The van der Waals surface area contributed by atoms with Crippen molar-refractivity contribution in [2.75, 3.05) is 11.4 Å². The van der Waals surface area contributed by atoms with Crippen LogP contribution in [0.2, 0.25) is 0 Å². The van der Waals surface area contributed by atoms with Gasteiger partial charge in [-0.3, -0.25) is 4.90 Å². The number of aromatic nitrogens is 3. The van der Waals surface area contributed by atoms with Gasteiger partial charge in [0.1, 0.15) is 17.2 Å². The molecule has 2 aromatic heterocycles. The minimum absolute atomic E-state index is 0.170. The number of anilines is 1. The minimum Gasteiger partial charge on any atom is -0.508 e. The second kappa shape index (κ2) is 7.50. The molecule has 0 radical (unpaired) electrons. The van der Waals surface area contributed by atoms with E-state index in [2.05, 4.69) is 10.1 Å². The van der Waals surface area contributed by atoms with Gasteiger partial charge in [0.25, 0.3) is 0 Å². The number of phenolic OH excluding ortho intramolecular Hbond substituents is 1. The number of rotatable bonds is 4. The molecule has 0 aliphatic rings. The summed E-state index contributed by atoms with van der Waals surface area (Å²) in [4.78, 5) is 19.0. The Kier molecular flexibility index (Phi) is 5.27. The summed E-state index contributed by atoms with van der Waals surface area (Å²) in [5.74, 6) is 0.904. The molecule has 7 heteroatoms. The Balaban J connectivity index is 2.05. The van der Waals surface area contributed by atoms with E-state index in [4.69, 9.17) is 4.74 Å². The molecule has 28 heavy (non-hydrogen) atoms. The summed E-state index contributed by atoms with van der Waals surface area (Å²) >= 11 is 0. The van der Waals surface area contributed by atoms with Crippen LogP contribution >= 0.6 is 0 Å². The van der Waals surface area contributed by atoms with E-state index in [1.807, 2.05) is 40.7 Å². The van der Waals surface area contributed by atoms with Crippen LogP contribution in [-0.4, -0.2) is 37.9 Å². The van der Waals surface area contributed by atoms with E-state index in [1.165, 1.54) is 0 Å². The number of ether oxygens (including phenoxy) is 1. The quantitative estimate of drug-likeness (QED) is 0.719. The number of hydrogen-bond donors (Lipinski definition) is 1. The van der Waals surface area contributed by atoms with Gasteiger partial charge in [0.05, 0.1) is 6.20 Å². The lowest BCUT2D eigenvalue weighted by Crippen LogP contribution is -2.39. The maximum Gasteiger partial charge on any atom is 0.416 e. The zero-order valence-corrected chi connectivity index (χ0v) is 16.9. The molecule has 3 aromatic rings. The molecule has 1 aromatic carbocycles. The van der Waals surface area contributed by atoms with Crippen LogP contribution in [0.4, 0.5) is 10.6 Å². The standard InChI is InChI=1S/C21H26N4O3/c1-14(2)13-24(20(27)28-21(3,4)5)18-9-10-25-19(23-18)17(12-22-25)15-7-6-8-16(26)11-15/h6-12,14,26H,13H2,1-5H3. The Morgan fingerprint density at radius 3 is 2.68 bits per heavy atom. The normalized spacial score (nSPS) is 11.8. The summed E-state index contributed by atoms with van der Waals surface area (Å²) < 4.78 is 7.22. The van der Waals surface area contributed by atoms with Gasteiger partial charge in [0.2, 0.25) is 0 Å². The van der Waals surface area contributed by atoms with Crippen LogP contribution in [0.3, 0.4) is 0 Å². The number of carbonyl (C=O) groups excluding carboxylic acids is 1. The predicted octanol–water partition coefficient (Wildman–Crippen LogP) is 4.50. The lowest BCUT2D eigenvalue weighted by molar-refractivity contribution is 0.0575. The average molecular weight is 382 g/mol. The fourth-order valence-corrected chi connectivity index (χ4v) is 2.83. The van der Waals surface area contributed by atoms with Gasteiger partial charge in [-0.1, -0.05) is 26.0 Å². The van der Waals surface area contributed by atoms with Crippen LogP contribution in [0.1, 0.15) is 34.6 Å². The smallest absolute Gasteiger partial charge is 0.416 e. The van der Waals surface area contributed by atoms with Crippen LogP contribution in [0.15, 0.2) is 42.7 Å². The van der Waals surface area contributed by atoms with E-state index < -0.39 is 11.7 Å². The molecule has 1 amide bonds. The summed E-state index contributed by atoms with van der Waals surface area (Å²) in [6.07, 6.45) is 3.03. The first-order valence-electron chi connectivity index (χ1n) is 9.28. The van der Waals surface area contributed by atoms with E-state index in [9.17, 15) is 9.90 Å². The van der Waals surface area contributed by atoms with Gasteiger partial charge in [-0.2, -0.15) is 5.10 Å². The maximum atomic E-state index is 12.8. The number of benzene rings is 1. The molecule has 0 bridgehead atoms. The summed E-state index contributed by atoms with van der Waals surface area (Å²) in [6.45, 7) is 10.1. The lowest BCUT2D eigenvalue weighted by Gasteiger charge is -2.28. The minimum atomic E-state index is -0.597. The third-order valence-electron chi connectivity index (χ3n) is 3.95. The first-order valence-corrected chi connectivity index (χ1v) is 9.28. The SMILES string of the molecule is CC(C)CN(C(=O)OC(C)(C)C)c1ccn2ncc(-c3cccc(O)c3)c2n1. The molecule has 0 atom stereocenters. The highest BCUT2D eigenvalue weighted by Crippen LogP contribution is 2.28. The highest BCUT2D eigenvalue weighted by molar-refractivity contribution is 5.88. The van der Waals surface area contributed by atoms with Crippen LogP contribution in [0.5, 0.6) is 5.75 Å².